The van der Waals surface area contributed by atoms with Crippen LogP contribution < -0.4 is 10.5 Å². The predicted molar refractivity (Wildman–Crippen MR) is 80.1 cm³/mol. The van der Waals surface area contributed by atoms with Crippen molar-refractivity contribution in [1.82, 2.24) is 14.7 Å². The van der Waals surface area contributed by atoms with Crippen LogP contribution in [-0.2, 0) is 16.6 Å². The van der Waals surface area contributed by atoms with Gasteiger partial charge in [0.15, 0.2) is 0 Å². The Balaban J connectivity index is 2.25. The van der Waals surface area contributed by atoms with E-state index in [1.807, 2.05) is 0 Å². The van der Waals surface area contributed by atoms with Gasteiger partial charge in [-0.3, -0.25) is 4.98 Å². The summed E-state index contributed by atoms with van der Waals surface area (Å²) in [4.78, 5) is 7.84. The molecule has 2 rings (SSSR count). The van der Waals surface area contributed by atoms with Gasteiger partial charge >= 0.3 is 0 Å². The molecule has 0 aromatic carbocycles. The average molecular weight is 326 g/mol. The number of sulfonamides is 1. The smallest absolute Gasteiger partial charge is 0.243 e. The zero-order chi connectivity index (χ0) is 15.6. The summed E-state index contributed by atoms with van der Waals surface area (Å²) in [6, 6.07) is 2.88. The summed E-state index contributed by atoms with van der Waals surface area (Å²) < 4.78 is 32.3. The summed E-state index contributed by atoms with van der Waals surface area (Å²) in [6.07, 6.45) is 1.42. The Morgan fingerprint density at radius 1 is 1.48 bits per heavy atom. The molecule has 0 fully saturated rings. The maximum atomic E-state index is 12.3. The van der Waals surface area contributed by atoms with Gasteiger partial charge < -0.3 is 10.2 Å². The van der Waals surface area contributed by atoms with Crippen molar-refractivity contribution in [2.24, 2.45) is 5.73 Å². The molecule has 0 spiro atoms. The molecule has 21 heavy (non-hydrogen) atoms. The molecule has 0 amide bonds. The summed E-state index contributed by atoms with van der Waals surface area (Å²) in [6.45, 7) is 3.47. The Bertz CT molecular complexity index is 764. The minimum absolute atomic E-state index is 0.0553. The van der Waals surface area contributed by atoms with Gasteiger partial charge in [-0.25, -0.2) is 18.1 Å². The standard InChI is InChI=1S/C12H14N4O3S2/c1-7-8(2)19-10(16-7)6-15-21(17,18)9-4-3-5-14-11(9)12(13)20/h3-5,15H,6H2,1-2H3,(H2,13,20). The lowest BCUT2D eigenvalue weighted by Crippen LogP contribution is -2.27. The third kappa shape index (κ3) is 3.43. The number of rotatable bonds is 5. The van der Waals surface area contributed by atoms with Crippen LogP contribution in [0.5, 0.6) is 0 Å². The van der Waals surface area contributed by atoms with E-state index in [9.17, 15) is 8.42 Å². The maximum absolute atomic E-state index is 12.3. The Hall–Kier alpha value is -1.84. The van der Waals surface area contributed by atoms with E-state index in [2.05, 4.69) is 14.7 Å². The maximum Gasteiger partial charge on any atom is 0.243 e. The first-order chi connectivity index (χ1) is 9.81. The SMILES string of the molecule is Cc1nc(CNS(=O)(=O)c2cccnc2C(N)=S)oc1C. The number of pyridine rings is 1. The van der Waals surface area contributed by atoms with Crippen LogP contribution in [0.1, 0.15) is 23.0 Å². The summed E-state index contributed by atoms with van der Waals surface area (Å²) in [7, 11) is -3.82. The minimum atomic E-state index is -3.82. The first-order valence-electron chi connectivity index (χ1n) is 5.98. The van der Waals surface area contributed by atoms with E-state index in [1.54, 1.807) is 13.8 Å². The molecule has 0 unspecified atom stereocenters. The first-order valence-corrected chi connectivity index (χ1v) is 7.88. The average Bonchev–Trinajstić information content (AvgIpc) is 2.76. The van der Waals surface area contributed by atoms with E-state index in [-0.39, 0.29) is 28.0 Å². The molecule has 9 heteroatoms. The van der Waals surface area contributed by atoms with Crippen molar-refractivity contribution in [3.63, 3.8) is 0 Å². The lowest BCUT2D eigenvalue weighted by molar-refractivity contribution is 0.463. The summed E-state index contributed by atoms with van der Waals surface area (Å²) >= 11 is 4.81. The third-order valence-corrected chi connectivity index (χ3v) is 4.41. The Morgan fingerprint density at radius 2 is 2.19 bits per heavy atom. The number of nitrogens with two attached hydrogens (primary N) is 1. The van der Waals surface area contributed by atoms with Crippen LogP contribution >= 0.6 is 12.2 Å². The third-order valence-electron chi connectivity index (χ3n) is 2.78. The summed E-state index contributed by atoms with van der Waals surface area (Å²) in [5.41, 5.74) is 6.26. The van der Waals surface area contributed by atoms with Crippen molar-refractivity contribution in [3.8, 4) is 0 Å². The molecular formula is C12H14N4O3S2. The number of aromatic nitrogens is 2. The second kappa shape index (κ2) is 5.88. The Labute approximate surface area is 127 Å². The van der Waals surface area contributed by atoms with E-state index in [0.717, 1.165) is 5.69 Å². The molecule has 3 N–H and O–H groups in total. The van der Waals surface area contributed by atoms with Crippen LogP contribution in [0.15, 0.2) is 27.6 Å². The van der Waals surface area contributed by atoms with Crippen LogP contribution in [-0.4, -0.2) is 23.4 Å². The fourth-order valence-electron chi connectivity index (χ4n) is 1.64. The molecule has 0 saturated heterocycles. The molecule has 7 nitrogen and oxygen atoms in total. The molecule has 0 saturated carbocycles. The molecule has 112 valence electrons. The second-order valence-corrected chi connectivity index (χ2v) is 6.46. The highest BCUT2D eigenvalue weighted by Gasteiger charge is 2.21. The van der Waals surface area contributed by atoms with Gasteiger partial charge in [0.05, 0.1) is 12.2 Å². The summed E-state index contributed by atoms with van der Waals surface area (Å²) in [5.74, 6) is 0.934. The van der Waals surface area contributed by atoms with Gasteiger partial charge in [-0.15, -0.1) is 0 Å². The van der Waals surface area contributed by atoms with Gasteiger partial charge in [-0.1, -0.05) is 12.2 Å². The molecule has 2 aromatic rings. The molecule has 0 atom stereocenters. The van der Waals surface area contributed by atoms with E-state index in [1.165, 1.54) is 18.3 Å². The van der Waals surface area contributed by atoms with E-state index in [0.29, 0.717) is 5.76 Å². The van der Waals surface area contributed by atoms with Crippen molar-refractivity contribution in [1.29, 1.82) is 0 Å². The van der Waals surface area contributed by atoms with Crippen molar-refractivity contribution >= 4 is 27.2 Å². The van der Waals surface area contributed by atoms with Crippen LogP contribution in [0.4, 0.5) is 0 Å². The fraction of sp³-hybridized carbons (Fsp3) is 0.250. The van der Waals surface area contributed by atoms with Gasteiger partial charge in [0.2, 0.25) is 15.9 Å². The van der Waals surface area contributed by atoms with Crippen molar-refractivity contribution in [3.05, 3.63) is 41.4 Å². The summed E-state index contributed by atoms with van der Waals surface area (Å²) in [5, 5.41) is 0. The molecular weight excluding hydrogens is 312 g/mol. The number of nitrogens with one attached hydrogen (secondary N) is 1. The normalized spacial score (nSPS) is 11.5. The second-order valence-electron chi connectivity index (χ2n) is 4.29. The van der Waals surface area contributed by atoms with Crippen LogP contribution in [0.25, 0.3) is 0 Å². The number of aryl methyl sites for hydroxylation is 2. The lowest BCUT2D eigenvalue weighted by atomic mass is 10.3. The lowest BCUT2D eigenvalue weighted by Gasteiger charge is -2.08. The van der Waals surface area contributed by atoms with E-state index >= 15 is 0 Å². The van der Waals surface area contributed by atoms with Gasteiger partial charge in [0.25, 0.3) is 0 Å². The highest BCUT2D eigenvalue weighted by Crippen LogP contribution is 2.14. The van der Waals surface area contributed by atoms with Gasteiger partial charge in [-0.2, -0.15) is 0 Å². The number of oxazole rings is 1. The molecule has 0 bridgehead atoms. The number of hydrogen-bond donors (Lipinski definition) is 2. The highest BCUT2D eigenvalue weighted by atomic mass is 32.2. The minimum Gasteiger partial charge on any atom is -0.444 e. The zero-order valence-corrected chi connectivity index (χ0v) is 13.1. The van der Waals surface area contributed by atoms with Crippen molar-refractivity contribution < 1.29 is 12.8 Å². The predicted octanol–water partition coefficient (Wildman–Crippen LogP) is 0.799. The monoisotopic (exact) mass is 326 g/mol. The zero-order valence-electron chi connectivity index (χ0n) is 11.5. The van der Waals surface area contributed by atoms with Gasteiger partial charge in [-0.05, 0) is 26.0 Å². The molecule has 2 heterocycles. The fourth-order valence-corrected chi connectivity index (χ4v) is 3.01. The van der Waals surface area contributed by atoms with E-state index in [4.69, 9.17) is 22.4 Å². The van der Waals surface area contributed by atoms with Crippen molar-refractivity contribution in [2.75, 3.05) is 0 Å². The largest absolute Gasteiger partial charge is 0.444 e. The molecule has 0 aliphatic carbocycles. The van der Waals surface area contributed by atoms with Gasteiger partial charge in [0, 0.05) is 6.20 Å². The molecule has 0 radical (unpaired) electrons. The Morgan fingerprint density at radius 3 is 2.76 bits per heavy atom. The van der Waals surface area contributed by atoms with Crippen molar-refractivity contribution in [2.45, 2.75) is 25.3 Å². The first kappa shape index (κ1) is 15.5. The van der Waals surface area contributed by atoms with E-state index < -0.39 is 10.0 Å². The molecule has 0 aliphatic heterocycles. The number of hydrogen-bond acceptors (Lipinski definition) is 6. The van der Waals surface area contributed by atoms with Crippen LogP contribution in [0, 0.1) is 13.8 Å². The van der Waals surface area contributed by atoms with Crippen LogP contribution in [0.2, 0.25) is 0 Å². The number of thiocarbonyl (C=S) groups is 1. The molecule has 2 aromatic heterocycles. The molecule has 0 aliphatic rings. The van der Waals surface area contributed by atoms with Gasteiger partial charge in [0.1, 0.15) is 21.3 Å². The van der Waals surface area contributed by atoms with Crippen LogP contribution in [0.3, 0.4) is 0 Å². The topological polar surface area (TPSA) is 111 Å². The highest BCUT2D eigenvalue weighted by molar-refractivity contribution is 7.89. The quantitative estimate of drug-likeness (QED) is 0.782. The number of nitrogens with zero attached hydrogens (tertiary/aromatic N) is 2. The Kier molecular flexibility index (Phi) is 4.35.